The van der Waals surface area contributed by atoms with Gasteiger partial charge < -0.3 is 5.32 Å². The maximum absolute atomic E-state index is 10.8. The van der Waals surface area contributed by atoms with Crippen LogP contribution >= 0.6 is 22.9 Å². The van der Waals surface area contributed by atoms with Gasteiger partial charge in [-0.3, -0.25) is 10.1 Å². The number of aromatic nitrogens is 2. The lowest BCUT2D eigenvalue weighted by Crippen LogP contribution is -2.04. The Labute approximate surface area is 105 Å². The van der Waals surface area contributed by atoms with Gasteiger partial charge in [-0.25, -0.2) is 9.97 Å². The highest BCUT2D eigenvalue weighted by molar-refractivity contribution is 7.09. The average molecular weight is 271 g/mol. The standard InChI is InChI=1S/C9H7ClN4O2S/c10-7-2-1-6(14(15)16)9(13-7)12-5-8-11-3-4-17-8/h1-4H,5H2,(H,12,13). The van der Waals surface area contributed by atoms with E-state index in [9.17, 15) is 10.1 Å². The van der Waals surface area contributed by atoms with Crippen molar-refractivity contribution < 1.29 is 4.92 Å². The summed E-state index contributed by atoms with van der Waals surface area (Å²) < 4.78 is 0. The molecule has 0 unspecified atom stereocenters. The van der Waals surface area contributed by atoms with Gasteiger partial charge in [0, 0.05) is 17.6 Å². The highest BCUT2D eigenvalue weighted by Gasteiger charge is 2.15. The highest BCUT2D eigenvalue weighted by Crippen LogP contribution is 2.24. The molecule has 0 bridgehead atoms. The molecule has 0 fully saturated rings. The lowest BCUT2D eigenvalue weighted by Gasteiger charge is -2.04. The molecule has 8 heteroatoms. The number of anilines is 1. The Morgan fingerprint density at radius 3 is 3.00 bits per heavy atom. The van der Waals surface area contributed by atoms with Gasteiger partial charge in [0.1, 0.15) is 10.2 Å². The first-order valence-corrected chi connectivity index (χ1v) is 5.86. The molecule has 0 saturated heterocycles. The van der Waals surface area contributed by atoms with Crippen LogP contribution in [0.5, 0.6) is 0 Å². The molecular weight excluding hydrogens is 264 g/mol. The van der Waals surface area contributed by atoms with Crippen LogP contribution in [0.25, 0.3) is 0 Å². The zero-order chi connectivity index (χ0) is 12.3. The van der Waals surface area contributed by atoms with Crippen LogP contribution in [0.15, 0.2) is 23.7 Å². The number of nitrogens with one attached hydrogen (secondary N) is 1. The monoisotopic (exact) mass is 270 g/mol. The highest BCUT2D eigenvalue weighted by atomic mass is 35.5. The molecule has 88 valence electrons. The summed E-state index contributed by atoms with van der Waals surface area (Å²) in [5, 5.41) is 16.5. The van der Waals surface area contributed by atoms with Gasteiger partial charge in [-0.05, 0) is 6.07 Å². The van der Waals surface area contributed by atoms with Crippen molar-refractivity contribution in [2.45, 2.75) is 6.54 Å². The fraction of sp³-hybridized carbons (Fsp3) is 0.111. The normalized spacial score (nSPS) is 10.2. The van der Waals surface area contributed by atoms with Crippen molar-refractivity contribution in [3.05, 3.63) is 44.0 Å². The second-order valence-corrected chi connectivity index (χ2v) is 4.40. The number of thiazole rings is 1. The molecule has 2 rings (SSSR count). The first-order chi connectivity index (χ1) is 8.16. The van der Waals surface area contributed by atoms with Gasteiger partial charge in [0.2, 0.25) is 5.82 Å². The molecule has 17 heavy (non-hydrogen) atoms. The Kier molecular flexibility index (Phi) is 3.50. The fourth-order valence-electron chi connectivity index (χ4n) is 1.21. The Balaban J connectivity index is 2.19. The molecule has 0 saturated carbocycles. The van der Waals surface area contributed by atoms with Crippen molar-refractivity contribution in [1.29, 1.82) is 0 Å². The van der Waals surface area contributed by atoms with E-state index in [2.05, 4.69) is 15.3 Å². The summed E-state index contributed by atoms with van der Waals surface area (Å²) in [6.45, 7) is 0.381. The molecule has 0 aliphatic carbocycles. The maximum atomic E-state index is 10.8. The van der Waals surface area contributed by atoms with Gasteiger partial charge in [0.15, 0.2) is 0 Å². The van der Waals surface area contributed by atoms with Gasteiger partial charge in [-0.15, -0.1) is 11.3 Å². The van der Waals surface area contributed by atoms with Crippen molar-refractivity contribution in [1.82, 2.24) is 9.97 Å². The molecule has 0 spiro atoms. The van der Waals surface area contributed by atoms with E-state index in [1.165, 1.54) is 23.5 Å². The van der Waals surface area contributed by atoms with Gasteiger partial charge in [-0.1, -0.05) is 11.6 Å². The minimum Gasteiger partial charge on any atom is -0.358 e. The zero-order valence-electron chi connectivity index (χ0n) is 8.46. The largest absolute Gasteiger partial charge is 0.358 e. The van der Waals surface area contributed by atoms with Crippen molar-refractivity contribution in [3.8, 4) is 0 Å². The lowest BCUT2D eigenvalue weighted by molar-refractivity contribution is -0.384. The van der Waals surface area contributed by atoms with Crippen LogP contribution < -0.4 is 5.32 Å². The molecule has 0 aromatic carbocycles. The summed E-state index contributed by atoms with van der Waals surface area (Å²) in [6, 6.07) is 2.70. The minimum atomic E-state index is -0.506. The molecule has 6 nitrogen and oxygen atoms in total. The Morgan fingerprint density at radius 2 is 2.35 bits per heavy atom. The maximum Gasteiger partial charge on any atom is 0.311 e. The van der Waals surface area contributed by atoms with Crippen molar-refractivity contribution >= 4 is 34.4 Å². The minimum absolute atomic E-state index is 0.106. The Morgan fingerprint density at radius 1 is 1.53 bits per heavy atom. The molecule has 0 atom stereocenters. The van der Waals surface area contributed by atoms with E-state index in [0.29, 0.717) is 6.54 Å². The van der Waals surface area contributed by atoms with E-state index in [1.54, 1.807) is 6.20 Å². The second kappa shape index (κ2) is 5.07. The number of hydrogen-bond acceptors (Lipinski definition) is 6. The predicted molar refractivity (Wildman–Crippen MR) is 65.3 cm³/mol. The number of halogens is 1. The molecule has 0 amide bonds. The Hall–Kier alpha value is -1.73. The summed E-state index contributed by atoms with van der Waals surface area (Å²) >= 11 is 7.15. The first-order valence-electron chi connectivity index (χ1n) is 4.60. The van der Waals surface area contributed by atoms with Crippen LogP contribution in [0.3, 0.4) is 0 Å². The molecule has 2 aromatic rings. The summed E-state index contributed by atoms with van der Waals surface area (Å²) in [5.41, 5.74) is -0.106. The number of nitro groups is 1. The number of nitrogens with zero attached hydrogens (tertiary/aromatic N) is 3. The molecule has 0 radical (unpaired) electrons. The summed E-state index contributed by atoms with van der Waals surface area (Å²) in [7, 11) is 0. The van der Waals surface area contributed by atoms with E-state index in [1.807, 2.05) is 5.38 Å². The zero-order valence-corrected chi connectivity index (χ0v) is 10.0. The summed E-state index contributed by atoms with van der Waals surface area (Å²) in [6.07, 6.45) is 1.67. The van der Waals surface area contributed by atoms with Gasteiger partial charge in [-0.2, -0.15) is 0 Å². The average Bonchev–Trinajstić information content (AvgIpc) is 2.78. The quantitative estimate of drug-likeness (QED) is 0.525. The third kappa shape index (κ3) is 2.89. The van der Waals surface area contributed by atoms with E-state index < -0.39 is 4.92 Å². The predicted octanol–water partition coefficient (Wildman–Crippen LogP) is 2.71. The topological polar surface area (TPSA) is 81.0 Å². The van der Waals surface area contributed by atoms with E-state index >= 15 is 0 Å². The van der Waals surface area contributed by atoms with Crippen LogP contribution in [-0.2, 0) is 6.54 Å². The van der Waals surface area contributed by atoms with Gasteiger partial charge >= 0.3 is 5.69 Å². The smallest absolute Gasteiger partial charge is 0.311 e. The van der Waals surface area contributed by atoms with Crippen LogP contribution in [0, 0.1) is 10.1 Å². The number of rotatable bonds is 4. The van der Waals surface area contributed by atoms with Crippen LogP contribution in [-0.4, -0.2) is 14.9 Å². The van der Waals surface area contributed by atoms with Crippen LogP contribution in [0.1, 0.15) is 5.01 Å². The third-order valence-electron chi connectivity index (χ3n) is 1.93. The molecule has 0 aliphatic heterocycles. The fourth-order valence-corrected chi connectivity index (χ4v) is 1.91. The Bertz CT molecular complexity index is 532. The van der Waals surface area contributed by atoms with E-state index in [-0.39, 0.29) is 16.7 Å². The lowest BCUT2D eigenvalue weighted by atomic mass is 10.4. The molecule has 2 aromatic heterocycles. The van der Waals surface area contributed by atoms with Gasteiger partial charge in [0.25, 0.3) is 0 Å². The first kappa shape index (κ1) is 11.7. The molecule has 2 heterocycles. The summed E-state index contributed by atoms with van der Waals surface area (Å²) in [4.78, 5) is 18.2. The number of hydrogen-bond donors (Lipinski definition) is 1. The van der Waals surface area contributed by atoms with E-state index in [0.717, 1.165) is 5.01 Å². The number of pyridine rings is 1. The second-order valence-electron chi connectivity index (χ2n) is 3.04. The van der Waals surface area contributed by atoms with Crippen LogP contribution in [0.2, 0.25) is 5.15 Å². The SMILES string of the molecule is O=[N+]([O-])c1ccc(Cl)nc1NCc1nccs1. The van der Waals surface area contributed by atoms with E-state index in [4.69, 9.17) is 11.6 Å². The molecule has 1 N–H and O–H groups in total. The van der Waals surface area contributed by atoms with Crippen molar-refractivity contribution in [3.63, 3.8) is 0 Å². The van der Waals surface area contributed by atoms with Gasteiger partial charge in [0.05, 0.1) is 11.5 Å². The molecular formula is C9H7ClN4O2S. The van der Waals surface area contributed by atoms with Crippen molar-refractivity contribution in [2.24, 2.45) is 0 Å². The third-order valence-corrected chi connectivity index (χ3v) is 2.92. The summed E-state index contributed by atoms with van der Waals surface area (Å²) in [5.74, 6) is 0.151. The van der Waals surface area contributed by atoms with Crippen LogP contribution in [0.4, 0.5) is 11.5 Å². The van der Waals surface area contributed by atoms with Crippen molar-refractivity contribution in [2.75, 3.05) is 5.32 Å². The molecule has 0 aliphatic rings.